The van der Waals surface area contributed by atoms with Crippen molar-refractivity contribution in [2.45, 2.75) is 76.8 Å². The summed E-state index contributed by atoms with van der Waals surface area (Å²) in [6, 6.07) is 17.6. The van der Waals surface area contributed by atoms with Gasteiger partial charge in [-0.05, 0) is 84.0 Å². The second-order valence-electron chi connectivity index (χ2n) is 17.2. The molecule has 0 aliphatic carbocycles. The number of ether oxygens (including phenoxy) is 4. The van der Waals surface area contributed by atoms with E-state index in [9.17, 15) is 19.2 Å². The van der Waals surface area contributed by atoms with Gasteiger partial charge in [-0.3, -0.25) is 9.59 Å². The van der Waals surface area contributed by atoms with Gasteiger partial charge in [0.1, 0.15) is 36.1 Å². The molecule has 0 radical (unpaired) electrons. The lowest BCUT2D eigenvalue weighted by molar-refractivity contribution is -0.137. The normalized spacial score (nSPS) is 22.4. The van der Waals surface area contributed by atoms with E-state index < -0.39 is 68.1 Å². The molecule has 2 saturated heterocycles. The quantitative estimate of drug-likeness (QED) is 0.100. The largest absolute Gasteiger partial charge is 0.488 e. The zero-order valence-corrected chi connectivity index (χ0v) is 36.3. The summed E-state index contributed by atoms with van der Waals surface area (Å²) < 4.78 is 74.1. The van der Waals surface area contributed by atoms with Gasteiger partial charge in [0.25, 0.3) is 5.91 Å². The molecule has 65 heavy (non-hydrogen) atoms. The zero-order chi connectivity index (χ0) is 51.4. The molecular weight excluding hydrogens is 829 g/mol. The van der Waals surface area contributed by atoms with Crippen LogP contribution in [0.1, 0.15) is 90.5 Å². The predicted molar refractivity (Wildman–Crippen MR) is 243 cm³/mol. The van der Waals surface area contributed by atoms with Gasteiger partial charge in [0.05, 0.1) is 65.3 Å². The third kappa shape index (κ3) is 8.22. The number of nitrogens with one attached hydrogen (secondary N) is 4. The molecular formula is C49H54N8O8. The molecule has 5 heterocycles. The van der Waals surface area contributed by atoms with E-state index >= 15 is 0 Å². The van der Waals surface area contributed by atoms with Crippen LogP contribution in [0.3, 0.4) is 0 Å². The number of hydrogen-bond donors (Lipinski definition) is 4. The van der Waals surface area contributed by atoms with Crippen LogP contribution in [0, 0.1) is 11.8 Å². The number of rotatable bonds is 11. The summed E-state index contributed by atoms with van der Waals surface area (Å²) in [6.07, 6.45) is 0.723. The molecule has 2 fully saturated rings. The summed E-state index contributed by atoms with van der Waals surface area (Å²) in [6.45, 7) is 5.99. The fourth-order valence-corrected chi connectivity index (χ4v) is 9.63. The van der Waals surface area contributed by atoms with Crippen molar-refractivity contribution in [2.75, 3.05) is 34.3 Å². The number of amides is 4. The summed E-state index contributed by atoms with van der Waals surface area (Å²) in [5.41, 5.74) is 6.18. The number of alkyl carbamates (subject to hydrolysis) is 2. The van der Waals surface area contributed by atoms with Gasteiger partial charge in [-0.25, -0.2) is 19.6 Å². The Hall–Kier alpha value is -6.94. The van der Waals surface area contributed by atoms with Crippen molar-refractivity contribution >= 4 is 45.8 Å². The average molecular weight is 890 g/mol. The molecule has 6 aromatic rings. The van der Waals surface area contributed by atoms with Crippen LogP contribution in [0.25, 0.3) is 44.2 Å². The van der Waals surface area contributed by atoms with Gasteiger partial charge >= 0.3 is 12.2 Å². The van der Waals surface area contributed by atoms with E-state index in [1.54, 1.807) is 67.3 Å². The molecule has 6 atom stereocenters. The Morgan fingerprint density at radius 2 is 1.72 bits per heavy atom. The Kier molecular flexibility index (Phi) is 9.76. The summed E-state index contributed by atoms with van der Waals surface area (Å²) >= 11 is 0. The molecule has 0 unspecified atom stereocenters. The van der Waals surface area contributed by atoms with Crippen LogP contribution in [-0.4, -0.2) is 100 Å². The minimum Gasteiger partial charge on any atom is -0.488 e. The van der Waals surface area contributed by atoms with Crippen LogP contribution in [-0.2, 0) is 30.4 Å². The molecule has 0 spiro atoms. The van der Waals surface area contributed by atoms with Crippen molar-refractivity contribution in [3.63, 3.8) is 0 Å². The predicted octanol–water partition coefficient (Wildman–Crippen LogP) is 7.73. The molecule has 3 aliphatic rings. The van der Waals surface area contributed by atoms with Crippen LogP contribution >= 0.6 is 0 Å². The first-order valence-electron chi connectivity index (χ1n) is 25.1. The third-order valence-corrected chi connectivity index (χ3v) is 12.8. The lowest BCUT2D eigenvalue weighted by Crippen LogP contribution is -2.52. The molecule has 0 bridgehead atoms. The highest BCUT2D eigenvalue weighted by Gasteiger charge is 2.43. The van der Waals surface area contributed by atoms with E-state index in [1.807, 2.05) is 43.3 Å². The van der Waals surface area contributed by atoms with Gasteiger partial charge in [0.2, 0.25) is 5.91 Å². The van der Waals surface area contributed by atoms with E-state index in [2.05, 4.69) is 36.1 Å². The van der Waals surface area contributed by atoms with E-state index in [-0.39, 0.29) is 18.6 Å². The third-order valence-electron chi connectivity index (χ3n) is 12.8. The van der Waals surface area contributed by atoms with Gasteiger partial charge < -0.3 is 49.3 Å². The molecule has 0 saturated carbocycles. The average Bonchev–Trinajstić information content (AvgIpc) is 4.15. The molecule has 9 rings (SSSR count). The van der Waals surface area contributed by atoms with Crippen LogP contribution in [0.5, 0.6) is 5.75 Å². The number of benzene rings is 4. The molecule has 4 amide bonds. The number of fused-ring (bicyclic) bond motifs is 6. The van der Waals surface area contributed by atoms with Gasteiger partial charge in [-0.2, -0.15) is 0 Å². The van der Waals surface area contributed by atoms with Crippen molar-refractivity contribution in [2.24, 2.45) is 11.8 Å². The zero-order valence-electron chi connectivity index (χ0n) is 43.3. The number of aromatic amines is 2. The number of H-pyrrole nitrogens is 2. The summed E-state index contributed by atoms with van der Waals surface area (Å²) in [7, 11) is -4.47. The van der Waals surface area contributed by atoms with E-state index in [1.165, 1.54) is 0 Å². The fraction of sp³-hybridized carbons (Fsp3) is 0.388. The Morgan fingerprint density at radius 1 is 0.923 bits per heavy atom. The second-order valence-corrected chi connectivity index (χ2v) is 17.2. The molecule has 4 N–H and O–H groups in total. The van der Waals surface area contributed by atoms with Crippen molar-refractivity contribution in [3.8, 4) is 28.1 Å². The minimum atomic E-state index is -3.05. The number of hydrogen-bond acceptors (Lipinski definition) is 10. The van der Waals surface area contributed by atoms with E-state index in [0.29, 0.717) is 66.6 Å². The minimum absolute atomic E-state index is 0.0554. The smallest absolute Gasteiger partial charge is 0.407 e. The van der Waals surface area contributed by atoms with Crippen molar-refractivity contribution in [1.82, 2.24) is 40.4 Å². The fourth-order valence-electron chi connectivity index (χ4n) is 9.63. The van der Waals surface area contributed by atoms with Crippen molar-refractivity contribution < 1.29 is 47.7 Å². The first kappa shape index (κ1) is 35.4. The van der Waals surface area contributed by atoms with Gasteiger partial charge in [-0.1, -0.05) is 62.4 Å². The first-order valence-corrected chi connectivity index (χ1v) is 21.6. The summed E-state index contributed by atoms with van der Waals surface area (Å²) in [4.78, 5) is 73.8. The van der Waals surface area contributed by atoms with E-state index in [4.69, 9.17) is 29.0 Å². The van der Waals surface area contributed by atoms with Crippen molar-refractivity contribution in [1.29, 1.82) is 0 Å². The van der Waals surface area contributed by atoms with Crippen LogP contribution in [0.4, 0.5) is 9.59 Å². The summed E-state index contributed by atoms with van der Waals surface area (Å²) in [5, 5.41) is 6.41. The topological polar surface area (TPSA) is 193 Å². The number of likely N-dealkylation sites (tertiary alicyclic amines) is 2. The maximum Gasteiger partial charge on any atom is 0.407 e. The number of methoxy groups -OCH3 is 3. The Morgan fingerprint density at radius 3 is 2.49 bits per heavy atom. The molecule has 2 aromatic heterocycles. The van der Waals surface area contributed by atoms with Crippen molar-refractivity contribution in [3.05, 3.63) is 102 Å². The maximum absolute atomic E-state index is 14.4. The Bertz CT molecular complexity index is 3050. The lowest BCUT2D eigenvalue weighted by atomic mass is 9.92. The van der Waals surface area contributed by atoms with E-state index in [0.717, 1.165) is 38.5 Å². The Balaban J connectivity index is 0.964. The van der Waals surface area contributed by atoms with Crippen LogP contribution in [0.15, 0.2) is 79.0 Å². The number of carbonyl (C=O) groups excluding carboxylic acids is 4. The molecule has 4 aromatic carbocycles. The number of imidazole rings is 2. The highest BCUT2D eigenvalue weighted by molar-refractivity contribution is 6.07. The molecule has 3 aliphatic heterocycles. The number of aromatic nitrogens is 4. The molecule has 16 heteroatoms. The van der Waals surface area contributed by atoms with Crippen LogP contribution < -0.4 is 15.4 Å². The van der Waals surface area contributed by atoms with Crippen LogP contribution in [0.2, 0.25) is 0 Å². The first-order chi connectivity index (χ1) is 34.1. The lowest BCUT2D eigenvalue weighted by Gasteiger charge is -2.32. The van der Waals surface area contributed by atoms with Gasteiger partial charge in [0.15, 0.2) is 0 Å². The highest BCUT2D eigenvalue weighted by atomic mass is 16.5. The molecule has 338 valence electrons. The standard InChI is InChI=1S/C49H54N8O8/c1-26(2)41(54-48(60)63-5)47(59)57-27(3)12-17-38(57)45-51-36-16-14-30-20-35-33-15-13-31(19-32(33)25-65-40(35)21-34(30)43(36)53-45)37-22-50-44(52-37)39-18-28(24-62-4)23-56(39)46(58)42(55-49(61)64-6)29-10-8-7-9-11-29/h7-11,13-16,19-22,26-28,38-39,41-42H,12,17-18,23-25H2,1-6H3,(H,50,52)(H,51,53)(H,54,60)(H,55,61)/t27-,28-,38-,39-,41-,42+/m0/s1/i5D3,6D3,41D. The monoisotopic (exact) mass is 889 g/mol. The highest BCUT2D eigenvalue weighted by Crippen LogP contribution is 2.44. The number of carbonyl (C=O) groups is 4. The maximum atomic E-state index is 14.4. The summed E-state index contributed by atoms with van der Waals surface area (Å²) in [5.74, 6) is -0.272. The Labute approximate surface area is 386 Å². The second kappa shape index (κ2) is 17.9. The SMILES string of the molecule is [2H]C([2H])([2H])OC(=O)N[C@@H](C(=O)N1C[C@@H](COC)C[C@H]1c1ncc(-c2ccc3c(c2)COc2cc4c(ccc5[nH]c([C@@H]6CC[C@H](C)N6C(=O)[C@@]([2H])(NC(=O)OC([2H])([2H])[2H])C(C)C)nc54)cc2-3)[nH]1)c1ccccc1. The van der Waals surface area contributed by atoms with Gasteiger partial charge in [-0.15, -0.1) is 0 Å². The molecule has 16 nitrogen and oxygen atoms in total. The number of nitrogens with zero attached hydrogens (tertiary/aromatic N) is 4. The van der Waals surface area contributed by atoms with Gasteiger partial charge in [0, 0.05) is 36.6 Å².